The minimum absolute atomic E-state index is 0.984. The molecule has 1 heteroatoms. The number of hydrogen-bond acceptors (Lipinski definition) is 1. The maximum Gasteiger partial charge on any atom is 0.122 e. The van der Waals surface area contributed by atoms with Crippen LogP contribution >= 0.6 is 0 Å². The Morgan fingerprint density at radius 1 is 1.38 bits per heavy atom. The molecule has 1 nitrogen and oxygen atoms in total. The zero-order valence-corrected chi connectivity index (χ0v) is 8.50. The average Bonchev–Trinajstić information content (AvgIpc) is 2.18. The molecule has 0 aliphatic heterocycles. The van der Waals surface area contributed by atoms with Crippen LogP contribution in [0, 0.1) is 0 Å². The summed E-state index contributed by atoms with van der Waals surface area (Å²) in [7, 11) is 1.72. The molecule has 1 rings (SSSR count). The maximum atomic E-state index is 5.29. The van der Waals surface area contributed by atoms with E-state index in [1.807, 2.05) is 13.0 Å². The van der Waals surface area contributed by atoms with E-state index < -0.39 is 0 Å². The second-order valence-corrected chi connectivity index (χ2v) is 2.92. The Morgan fingerprint density at radius 2 is 2.15 bits per heavy atom. The summed E-state index contributed by atoms with van der Waals surface area (Å²) < 4.78 is 5.29. The zero-order valence-electron chi connectivity index (χ0n) is 8.50. The molecule has 0 spiro atoms. The number of ether oxygens (including phenoxy) is 1. The summed E-state index contributed by atoms with van der Waals surface area (Å²) in [6.45, 7) is 4.15. The molecule has 0 aromatic heterocycles. The van der Waals surface area contributed by atoms with Crippen LogP contribution in [0.2, 0.25) is 0 Å². The normalized spacial score (nSPS) is 10.7. The number of rotatable bonds is 3. The highest BCUT2D eigenvalue weighted by Gasteiger charge is 1.99. The van der Waals surface area contributed by atoms with Gasteiger partial charge < -0.3 is 4.74 Å². The molecule has 0 N–H and O–H groups in total. The highest BCUT2D eigenvalue weighted by Crippen LogP contribution is 2.21. The molecule has 0 atom stereocenters. The molecule has 0 amide bonds. The van der Waals surface area contributed by atoms with Crippen LogP contribution in [0.4, 0.5) is 0 Å². The summed E-state index contributed by atoms with van der Waals surface area (Å²) >= 11 is 0. The van der Waals surface area contributed by atoms with E-state index >= 15 is 0 Å². The highest BCUT2D eigenvalue weighted by molar-refractivity contribution is 5.53. The quantitative estimate of drug-likeness (QED) is 0.686. The highest BCUT2D eigenvalue weighted by atomic mass is 16.5. The van der Waals surface area contributed by atoms with Crippen molar-refractivity contribution in [2.75, 3.05) is 7.11 Å². The first-order chi connectivity index (χ1) is 6.31. The largest absolute Gasteiger partial charge is 0.496 e. The Kier molecular flexibility index (Phi) is 3.56. The van der Waals surface area contributed by atoms with Crippen LogP contribution in [-0.2, 0) is 6.42 Å². The van der Waals surface area contributed by atoms with E-state index in [9.17, 15) is 0 Å². The third-order valence-corrected chi connectivity index (χ3v) is 2.05. The summed E-state index contributed by atoms with van der Waals surface area (Å²) in [6, 6.07) is 6.30. The van der Waals surface area contributed by atoms with Gasteiger partial charge in [0.15, 0.2) is 0 Å². The molecule has 0 bridgehead atoms. The van der Waals surface area contributed by atoms with E-state index in [0.29, 0.717) is 0 Å². The number of aryl methyl sites for hydroxylation is 1. The van der Waals surface area contributed by atoms with Crippen molar-refractivity contribution >= 4 is 6.08 Å². The number of allylic oxidation sites excluding steroid dienone is 1. The van der Waals surface area contributed by atoms with Crippen molar-refractivity contribution in [1.29, 1.82) is 0 Å². The van der Waals surface area contributed by atoms with Crippen molar-refractivity contribution in [2.24, 2.45) is 0 Å². The molecule has 13 heavy (non-hydrogen) atoms. The Hall–Kier alpha value is -1.24. The fraction of sp³-hybridized carbons (Fsp3) is 0.333. The Morgan fingerprint density at radius 3 is 2.69 bits per heavy atom. The van der Waals surface area contributed by atoms with Crippen molar-refractivity contribution in [3.8, 4) is 5.75 Å². The molecule has 1 aromatic carbocycles. The SMILES string of the molecule is C/C=C/c1ccc(CC)c(OC)c1. The van der Waals surface area contributed by atoms with Crippen LogP contribution in [0.1, 0.15) is 25.0 Å². The summed E-state index contributed by atoms with van der Waals surface area (Å²) in [5, 5.41) is 0. The Balaban J connectivity index is 3.05. The third kappa shape index (κ3) is 2.35. The van der Waals surface area contributed by atoms with Crippen LogP contribution in [0.25, 0.3) is 6.08 Å². The lowest BCUT2D eigenvalue weighted by Gasteiger charge is -2.06. The van der Waals surface area contributed by atoms with E-state index in [1.165, 1.54) is 11.1 Å². The van der Waals surface area contributed by atoms with Gasteiger partial charge in [0.2, 0.25) is 0 Å². The van der Waals surface area contributed by atoms with Crippen LogP contribution in [0.3, 0.4) is 0 Å². The van der Waals surface area contributed by atoms with Crippen molar-refractivity contribution in [3.05, 3.63) is 35.4 Å². The predicted octanol–water partition coefficient (Wildman–Crippen LogP) is 3.29. The van der Waals surface area contributed by atoms with Crippen molar-refractivity contribution in [1.82, 2.24) is 0 Å². The average molecular weight is 176 g/mol. The second-order valence-electron chi connectivity index (χ2n) is 2.92. The third-order valence-electron chi connectivity index (χ3n) is 2.05. The van der Waals surface area contributed by atoms with Gasteiger partial charge in [-0.15, -0.1) is 0 Å². The maximum absolute atomic E-state index is 5.29. The van der Waals surface area contributed by atoms with E-state index in [4.69, 9.17) is 4.74 Å². The topological polar surface area (TPSA) is 9.23 Å². The summed E-state index contributed by atoms with van der Waals surface area (Å²) in [5.74, 6) is 0.984. The van der Waals surface area contributed by atoms with E-state index in [2.05, 4.69) is 31.2 Å². The van der Waals surface area contributed by atoms with Crippen LogP contribution in [0.15, 0.2) is 24.3 Å². The predicted molar refractivity (Wildman–Crippen MR) is 57.1 cm³/mol. The molecular formula is C12H16O. The first-order valence-corrected chi connectivity index (χ1v) is 4.61. The van der Waals surface area contributed by atoms with Crippen LogP contribution in [0.5, 0.6) is 5.75 Å². The van der Waals surface area contributed by atoms with Crippen molar-refractivity contribution in [3.63, 3.8) is 0 Å². The summed E-state index contributed by atoms with van der Waals surface area (Å²) in [6.07, 6.45) is 5.11. The minimum atomic E-state index is 0.984. The molecule has 0 aliphatic rings. The fourth-order valence-electron chi connectivity index (χ4n) is 1.35. The lowest BCUT2D eigenvalue weighted by molar-refractivity contribution is 0.410. The van der Waals surface area contributed by atoms with Gasteiger partial charge in [-0.2, -0.15) is 0 Å². The van der Waals surface area contributed by atoms with E-state index in [1.54, 1.807) is 7.11 Å². The molecule has 1 aromatic rings. The van der Waals surface area contributed by atoms with Gasteiger partial charge in [-0.3, -0.25) is 0 Å². The van der Waals surface area contributed by atoms with Gasteiger partial charge >= 0.3 is 0 Å². The second kappa shape index (κ2) is 4.70. The summed E-state index contributed by atoms with van der Waals surface area (Å²) in [5.41, 5.74) is 2.45. The molecule has 0 saturated heterocycles. The van der Waals surface area contributed by atoms with E-state index in [0.717, 1.165) is 12.2 Å². The molecule has 0 heterocycles. The van der Waals surface area contributed by atoms with Gasteiger partial charge in [-0.25, -0.2) is 0 Å². The molecule has 70 valence electrons. The van der Waals surface area contributed by atoms with Gasteiger partial charge in [0.25, 0.3) is 0 Å². The number of benzene rings is 1. The van der Waals surface area contributed by atoms with Crippen molar-refractivity contribution in [2.45, 2.75) is 20.3 Å². The number of hydrogen-bond donors (Lipinski definition) is 0. The molecule has 0 aliphatic carbocycles. The molecule has 0 saturated carbocycles. The van der Waals surface area contributed by atoms with Gasteiger partial charge in [-0.1, -0.05) is 31.2 Å². The van der Waals surface area contributed by atoms with Gasteiger partial charge in [0.05, 0.1) is 7.11 Å². The van der Waals surface area contributed by atoms with Crippen LogP contribution in [-0.4, -0.2) is 7.11 Å². The van der Waals surface area contributed by atoms with Gasteiger partial charge in [0.1, 0.15) is 5.75 Å². The lowest BCUT2D eigenvalue weighted by atomic mass is 10.1. The molecule has 0 unspecified atom stereocenters. The van der Waals surface area contributed by atoms with Crippen molar-refractivity contribution < 1.29 is 4.74 Å². The fourth-order valence-corrected chi connectivity index (χ4v) is 1.35. The smallest absolute Gasteiger partial charge is 0.122 e. The van der Waals surface area contributed by atoms with Crippen LogP contribution < -0.4 is 4.74 Å². The standard InChI is InChI=1S/C12H16O/c1-4-6-10-7-8-11(5-2)12(9-10)13-3/h4,6-9H,5H2,1-3H3/b6-4+. The monoisotopic (exact) mass is 176 g/mol. The van der Waals surface area contributed by atoms with E-state index in [-0.39, 0.29) is 0 Å². The lowest BCUT2D eigenvalue weighted by Crippen LogP contribution is -1.90. The van der Waals surface area contributed by atoms with Gasteiger partial charge in [0, 0.05) is 0 Å². The Labute approximate surface area is 80.0 Å². The molecule has 0 fully saturated rings. The zero-order chi connectivity index (χ0) is 9.68. The minimum Gasteiger partial charge on any atom is -0.496 e. The first-order valence-electron chi connectivity index (χ1n) is 4.61. The number of methoxy groups -OCH3 is 1. The first kappa shape index (κ1) is 9.85. The molecule has 0 radical (unpaired) electrons. The summed E-state index contributed by atoms with van der Waals surface area (Å²) in [4.78, 5) is 0. The molecular weight excluding hydrogens is 160 g/mol. The van der Waals surface area contributed by atoms with Gasteiger partial charge in [-0.05, 0) is 30.5 Å². The Bertz CT molecular complexity index is 300.